The molecule has 0 aromatic heterocycles. The van der Waals surface area contributed by atoms with Gasteiger partial charge in [0.1, 0.15) is 11.6 Å². The standard InChI is InChI=1S/C19H13F4NO/c1-25-16-6-4-13-8-12(2-3-14(13)9-16)11-24-18-10-15(19(21,22)23)5-7-17(18)20/h2-11H,1H3. The van der Waals surface area contributed by atoms with Gasteiger partial charge in [0.2, 0.25) is 0 Å². The largest absolute Gasteiger partial charge is 0.497 e. The van der Waals surface area contributed by atoms with Crippen molar-refractivity contribution < 1.29 is 22.3 Å². The molecule has 0 N–H and O–H groups in total. The minimum absolute atomic E-state index is 0.357. The molecule has 3 rings (SSSR count). The fraction of sp³-hybridized carbons (Fsp3) is 0.105. The maximum atomic E-state index is 13.7. The number of nitrogens with zero attached hydrogens (tertiary/aromatic N) is 1. The van der Waals surface area contributed by atoms with Crippen LogP contribution < -0.4 is 4.74 Å². The molecule has 128 valence electrons. The Bertz CT molecular complexity index is 948. The van der Waals surface area contributed by atoms with E-state index in [2.05, 4.69) is 4.99 Å². The fourth-order valence-electron chi connectivity index (χ4n) is 2.38. The molecule has 0 saturated carbocycles. The van der Waals surface area contributed by atoms with Gasteiger partial charge in [0.05, 0.1) is 18.4 Å². The van der Waals surface area contributed by atoms with Gasteiger partial charge >= 0.3 is 6.18 Å². The second kappa shape index (κ2) is 6.55. The molecule has 0 fully saturated rings. The van der Waals surface area contributed by atoms with Crippen molar-refractivity contribution in [1.29, 1.82) is 0 Å². The van der Waals surface area contributed by atoms with E-state index in [1.54, 1.807) is 19.2 Å². The number of rotatable bonds is 3. The Hall–Kier alpha value is -2.89. The first-order valence-corrected chi connectivity index (χ1v) is 7.35. The lowest BCUT2D eigenvalue weighted by molar-refractivity contribution is -0.137. The highest BCUT2D eigenvalue weighted by Gasteiger charge is 2.31. The quantitative estimate of drug-likeness (QED) is 0.436. The highest BCUT2D eigenvalue weighted by atomic mass is 19.4. The molecular formula is C19H13F4NO. The van der Waals surface area contributed by atoms with Crippen LogP contribution in [0.1, 0.15) is 11.1 Å². The number of hydrogen-bond donors (Lipinski definition) is 0. The lowest BCUT2D eigenvalue weighted by atomic mass is 10.1. The molecule has 0 unspecified atom stereocenters. The second-order valence-electron chi connectivity index (χ2n) is 5.39. The topological polar surface area (TPSA) is 21.6 Å². The maximum absolute atomic E-state index is 13.7. The van der Waals surface area contributed by atoms with Gasteiger partial charge in [-0.1, -0.05) is 18.2 Å². The predicted molar refractivity (Wildman–Crippen MR) is 89.2 cm³/mol. The molecule has 0 saturated heterocycles. The van der Waals surface area contributed by atoms with Gasteiger partial charge in [0.15, 0.2) is 0 Å². The molecule has 0 radical (unpaired) electrons. The summed E-state index contributed by atoms with van der Waals surface area (Å²) < 4.78 is 57.0. The third-order valence-electron chi connectivity index (χ3n) is 3.70. The Kier molecular flexibility index (Phi) is 4.44. The third-order valence-corrected chi connectivity index (χ3v) is 3.70. The first kappa shape index (κ1) is 17.0. The minimum atomic E-state index is -4.54. The van der Waals surface area contributed by atoms with E-state index in [-0.39, 0.29) is 5.69 Å². The third kappa shape index (κ3) is 3.79. The van der Waals surface area contributed by atoms with E-state index in [1.165, 1.54) is 6.21 Å². The predicted octanol–water partition coefficient (Wildman–Crippen LogP) is 5.76. The number of alkyl halides is 3. The lowest BCUT2D eigenvalue weighted by Gasteiger charge is -2.07. The molecule has 3 aromatic rings. The molecular weight excluding hydrogens is 334 g/mol. The first-order valence-electron chi connectivity index (χ1n) is 7.35. The number of halogens is 4. The van der Waals surface area contributed by atoms with Crippen molar-refractivity contribution in [3.8, 4) is 5.75 Å². The summed E-state index contributed by atoms with van der Waals surface area (Å²) in [5.74, 6) is -0.0882. The molecule has 0 aliphatic carbocycles. The summed E-state index contributed by atoms with van der Waals surface area (Å²) in [5, 5.41) is 1.86. The molecule has 6 heteroatoms. The zero-order chi connectivity index (χ0) is 18.0. The van der Waals surface area contributed by atoms with E-state index in [0.717, 1.165) is 22.6 Å². The Labute approximate surface area is 141 Å². The minimum Gasteiger partial charge on any atom is -0.497 e. The molecule has 0 amide bonds. The summed E-state index contributed by atoms with van der Waals surface area (Å²) in [6, 6.07) is 13.1. The monoisotopic (exact) mass is 347 g/mol. The van der Waals surface area contributed by atoms with E-state index < -0.39 is 17.6 Å². The number of hydrogen-bond acceptors (Lipinski definition) is 2. The van der Waals surface area contributed by atoms with Crippen LogP contribution in [-0.4, -0.2) is 13.3 Å². The van der Waals surface area contributed by atoms with Crippen molar-refractivity contribution in [3.05, 3.63) is 71.5 Å². The SMILES string of the molecule is COc1ccc2cc(C=Nc3cc(C(F)(F)F)ccc3F)ccc2c1. The molecule has 0 aliphatic heterocycles. The second-order valence-corrected chi connectivity index (χ2v) is 5.39. The average Bonchev–Trinajstić information content (AvgIpc) is 2.59. The average molecular weight is 347 g/mol. The Morgan fingerprint density at radius 3 is 2.36 bits per heavy atom. The zero-order valence-electron chi connectivity index (χ0n) is 13.1. The van der Waals surface area contributed by atoms with Gasteiger partial charge < -0.3 is 4.74 Å². The Balaban J connectivity index is 1.93. The Morgan fingerprint density at radius 2 is 1.64 bits per heavy atom. The molecule has 2 nitrogen and oxygen atoms in total. The van der Waals surface area contributed by atoms with Gasteiger partial charge in [-0.2, -0.15) is 13.2 Å². The van der Waals surface area contributed by atoms with E-state index in [9.17, 15) is 17.6 Å². The maximum Gasteiger partial charge on any atom is 0.416 e. The highest BCUT2D eigenvalue weighted by molar-refractivity contribution is 5.91. The summed E-state index contributed by atoms with van der Waals surface area (Å²) >= 11 is 0. The summed E-state index contributed by atoms with van der Waals surface area (Å²) in [6.07, 6.45) is -3.21. The van der Waals surface area contributed by atoms with Crippen molar-refractivity contribution >= 4 is 22.7 Å². The van der Waals surface area contributed by atoms with Crippen LogP contribution in [-0.2, 0) is 6.18 Å². The molecule has 0 bridgehead atoms. The van der Waals surface area contributed by atoms with Gasteiger partial charge in [-0.3, -0.25) is 4.99 Å². The van der Waals surface area contributed by atoms with E-state index in [4.69, 9.17) is 4.74 Å². The normalized spacial score (nSPS) is 12.0. The van der Waals surface area contributed by atoms with Crippen molar-refractivity contribution in [3.63, 3.8) is 0 Å². The molecule has 0 heterocycles. The highest BCUT2D eigenvalue weighted by Crippen LogP contribution is 2.32. The first-order chi connectivity index (χ1) is 11.9. The number of aliphatic imine (C=N–C) groups is 1. The van der Waals surface area contributed by atoms with Gasteiger partial charge in [-0.05, 0) is 52.7 Å². The summed E-state index contributed by atoms with van der Waals surface area (Å²) in [6.45, 7) is 0. The van der Waals surface area contributed by atoms with Crippen LogP contribution in [0.4, 0.5) is 23.2 Å². The van der Waals surface area contributed by atoms with Gasteiger partial charge in [-0.15, -0.1) is 0 Å². The van der Waals surface area contributed by atoms with E-state index >= 15 is 0 Å². The van der Waals surface area contributed by atoms with Crippen LogP contribution in [0, 0.1) is 5.82 Å². The summed E-state index contributed by atoms with van der Waals surface area (Å²) in [7, 11) is 1.58. The fourth-order valence-corrected chi connectivity index (χ4v) is 2.38. The molecule has 3 aromatic carbocycles. The van der Waals surface area contributed by atoms with Gasteiger partial charge in [0, 0.05) is 6.21 Å². The van der Waals surface area contributed by atoms with Crippen LogP contribution in [0.5, 0.6) is 5.75 Å². The van der Waals surface area contributed by atoms with Gasteiger partial charge in [0.25, 0.3) is 0 Å². The molecule has 0 aliphatic rings. The van der Waals surface area contributed by atoms with Crippen LogP contribution in [0.3, 0.4) is 0 Å². The smallest absolute Gasteiger partial charge is 0.416 e. The number of benzene rings is 3. The number of fused-ring (bicyclic) bond motifs is 1. The summed E-state index contributed by atoms with van der Waals surface area (Å²) in [4.78, 5) is 3.87. The van der Waals surface area contributed by atoms with Crippen LogP contribution in [0.25, 0.3) is 10.8 Å². The number of ether oxygens (including phenoxy) is 1. The van der Waals surface area contributed by atoms with Crippen LogP contribution in [0.2, 0.25) is 0 Å². The van der Waals surface area contributed by atoms with Crippen LogP contribution >= 0.6 is 0 Å². The molecule has 0 atom stereocenters. The van der Waals surface area contributed by atoms with Crippen molar-refractivity contribution in [1.82, 2.24) is 0 Å². The number of methoxy groups -OCH3 is 1. The van der Waals surface area contributed by atoms with Crippen molar-refractivity contribution in [2.45, 2.75) is 6.18 Å². The Morgan fingerprint density at radius 1 is 0.920 bits per heavy atom. The van der Waals surface area contributed by atoms with Crippen molar-refractivity contribution in [2.75, 3.05) is 7.11 Å². The zero-order valence-corrected chi connectivity index (χ0v) is 13.1. The van der Waals surface area contributed by atoms with Crippen molar-refractivity contribution in [2.24, 2.45) is 4.99 Å². The van der Waals surface area contributed by atoms with Gasteiger partial charge in [-0.25, -0.2) is 4.39 Å². The summed E-state index contributed by atoms with van der Waals surface area (Å²) in [5.41, 5.74) is -0.647. The lowest BCUT2D eigenvalue weighted by Crippen LogP contribution is -2.04. The van der Waals surface area contributed by atoms with E-state index in [1.807, 2.05) is 24.3 Å². The molecule has 25 heavy (non-hydrogen) atoms. The van der Waals surface area contributed by atoms with Crippen LogP contribution in [0.15, 0.2) is 59.6 Å². The van der Waals surface area contributed by atoms with E-state index in [0.29, 0.717) is 17.7 Å². The molecule has 0 spiro atoms.